The van der Waals surface area contributed by atoms with Crippen LogP contribution in [0.5, 0.6) is 0 Å². The van der Waals surface area contributed by atoms with Gasteiger partial charge in [-0.2, -0.15) is 13.2 Å². The van der Waals surface area contributed by atoms with Gasteiger partial charge in [0.25, 0.3) is 0 Å². The molecule has 0 saturated heterocycles. The molecular formula is C11H16F3IN4S. The number of guanidine groups is 1. The van der Waals surface area contributed by atoms with Crippen LogP contribution in [-0.4, -0.2) is 24.0 Å². The van der Waals surface area contributed by atoms with Crippen LogP contribution in [0.25, 0.3) is 0 Å². The van der Waals surface area contributed by atoms with E-state index in [0.717, 1.165) is 23.1 Å². The van der Waals surface area contributed by atoms with Gasteiger partial charge in [-0.1, -0.05) is 6.92 Å². The molecule has 1 aliphatic rings. The van der Waals surface area contributed by atoms with Gasteiger partial charge in [0.05, 0.1) is 6.54 Å². The van der Waals surface area contributed by atoms with Gasteiger partial charge < -0.3 is 10.6 Å². The fraction of sp³-hybridized carbons (Fsp3) is 0.636. The van der Waals surface area contributed by atoms with E-state index in [9.17, 15) is 13.2 Å². The molecule has 2 rings (SSSR count). The number of hydrogen-bond acceptors (Lipinski definition) is 3. The van der Waals surface area contributed by atoms with Gasteiger partial charge in [0.2, 0.25) is 0 Å². The van der Waals surface area contributed by atoms with Crippen LogP contribution in [-0.2, 0) is 12.7 Å². The number of hydrogen-bond donors (Lipinski definition) is 2. The molecule has 4 nitrogen and oxygen atoms in total. The Kier molecular flexibility index (Phi) is 6.05. The molecule has 1 aromatic rings. The van der Waals surface area contributed by atoms with Crippen molar-refractivity contribution in [2.75, 3.05) is 7.05 Å². The molecule has 1 fully saturated rings. The third-order valence-corrected chi connectivity index (χ3v) is 3.75. The summed E-state index contributed by atoms with van der Waals surface area (Å²) in [5, 5.41) is 7.57. The Hall–Kier alpha value is -0.580. The third-order valence-electron chi connectivity index (χ3n) is 2.90. The number of rotatable bonds is 3. The summed E-state index contributed by atoms with van der Waals surface area (Å²) in [7, 11) is 1.63. The highest BCUT2D eigenvalue weighted by atomic mass is 127. The van der Waals surface area contributed by atoms with Crippen molar-refractivity contribution in [2.24, 2.45) is 10.9 Å². The largest absolute Gasteiger partial charge is 0.434 e. The van der Waals surface area contributed by atoms with Gasteiger partial charge in [-0.05, 0) is 12.3 Å². The highest BCUT2D eigenvalue weighted by Gasteiger charge is 2.34. The lowest BCUT2D eigenvalue weighted by Gasteiger charge is -2.10. The predicted octanol–water partition coefficient (Wildman–Crippen LogP) is 2.85. The molecule has 0 bridgehead atoms. The monoisotopic (exact) mass is 420 g/mol. The summed E-state index contributed by atoms with van der Waals surface area (Å²) in [6.07, 6.45) is -3.28. The summed E-state index contributed by atoms with van der Waals surface area (Å²) in [5.41, 5.74) is -0.840. The second kappa shape index (κ2) is 6.92. The van der Waals surface area contributed by atoms with E-state index in [1.54, 1.807) is 7.05 Å². The Balaban J connectivity index is 0.00000200. The van der Waals surface area contributed by atoms with Crippen LogP contribution in [0, 0.1) is 5.92 Å². The highest BCUT2D eigenvalue weighted by molar-refractivity contribution is 14.0. The van der Waals surface area contributed by atoms with Crippen LogP contribution < -0.4 is 10.6 Å². The third kappa shape index (κ3) is 4.76. The molecule has 114 valence electrons. The van der Waals surface area contributed by atoms with Crippen molar-refractivity contribution < 1.29 is 13.2 Å². The second-order valence-electron chi connectivity index (χ2n) is 4.51. The van der Waals surface area contributed by atoms with Crippen LogP contribution >= 0.6 is 35.3 Å². The van der Waals surface area contributed by atoms with Crippen LogP contribution in [0.1, 0.15) is 24.0 Å². The first kappa shape index (κ1) is 17.5. The average molecular weight is 420 g/mol. The van der Waals surface area contributed by atoms with Crippen LogP contribution in [0.2, 0.25) is 0 Å². The predicted molar refractivity (Wildman–Crippen MR) is 83.4 cm³/mol. The molecule has 2 atom stereocenters. The minimum Gasteiger partial charge on any atom is -0.353 e. The van der Waals surface area contributed by atoms with E-state index in [1.165, 1.54) is 0 Å². The standard InChI is InChI=1S/C11H15F3N4S.HI/c1-6-3-7(6)17-10(15-2)16-4-9-18-8(5-19-9)11(12,13)14;/h5-7H,3-4H2,1-2H3,(H2,15,16,17);1H. The second-order valence-corrected chi connectivity index (χ2v) is 5.46. The SMILES string of the molecule is CN=C(NCc1nc(C(F)(F)F)cs1)NC1CC1C.I. The summed E-state index contributed by atoms with van der Waals surface area (Å²) in [5.74, 6) is 1.22. The lowest BCUT2D eigenvalue weighted by atomic mass is 10.5. The van der Waals surface area contributed by atoms with Gasteiger partial charge in [0.15, 0.2) is 11.7 Å². The zero-order chi connectivity index (χ0) is 14.0. The number of nitrogens with zero attached hydrogens (tertiary/aromatic N) is 2. The van der Waals surface area contributed by atoms with Gasteiger partial charge >= 0.3 is 6.18 Å². The number of alkyl halides is 3. The minimum atomic E-state index is -4.38. The zero-order valence-electron chi connectivity index (χ0n) is 11.0. The fourth-order valence-corrected chi connectivity index (χ4v) is 2.32. The van der Waals surface area contributed by atoms with Gasteiger partial charge in [-0.15, -0.1) is 35.3 Å². The van der Waals surface area contributed by atoms with E-state index in [4.69, 9.17) is 0 Å². The topological polar surface area (TPSA) is 49.3 Å². The molecule has 1 aliphatic carbocycles. The maximum Gasteiger partial charge on any atom is 0.434 e. The molecule has 1 saturated carbocycles. The summed E-state index contributed by atoms with van der Waals surface area (Å²) in [6, 6.07) is 0.410. The smallest absolute Gasteiger partial charge is 0.353 e. The maximum absolute atomic E-state index is 12.4. The normalized spacial score (nSPS) is 22.1. The summed E-state index contributed by atoms with van der Waals surface area (Å²) in [6.45, 7) is 2.36. The van der Waals surface area contributed by atoms with Crippen molar-refractivity contribution in [3.8, 4) is 0 Å². The maximum atomic E-state index is 12.4. The highest BCUT2D eigenvalue weighted by Crippen LogP contribution is 2.30. The van der Waals surface area contributed by atoms with Crippen molar-refractivity contribution in [3.05, 3.63) is 16.1 Å². The average Bonchev–Trinajstić information content (AvgIpc) is 2.83. The number of nitrogens with one attached hydrogen (secondary N) is 2. The van der Waals surface area contributed by atoms with Gasteiger partial charge in [-0.3, -0.25) is 4.99 Å². The first-order chi connectivity index (χ1) is 8.90. The van der Waals surface area contributed by atoms with Crippen molar-refractivity contribution >= 4 is 41.3 Å². The molecule has 2 unspecified atom stereocenters. The van der Waals surface area contributed by atoms with Crippen molar-refractivity contribution in [2.45, 2.75) is 32.1 Å². The minimum absolute atomic E-state index is 0. The Bertz CT molecular complexity index is 474. The van der Waals surface area contributed by atoms with E-state index in [1.807, 2.05) is 0 Å². The molecule has 9 heteroatoms. The molecule has 0 aromatic carbocycles. The Morgan fingerprint density at radius 1 is 1.55 bits per heavy atom. The Morgan fingerprint density at radius 3 is 2.65 bits per heavy atom. The quantitative estimate of drug-likeness (QED) is 0.449. The van der Waals surface area contributed by atoms with Crippen molar-refractivity contribution in [3.63, 3.8) is 0 Å². The Morgan fingerprint density at radius 2 is 2.20 bits per heavy atom. The van der Waals surface area contributed by atoms with E-state index >= 15 is 0 Å². The van der Waals surface area contributed by atoms with E-state index in [0.29, 0.717) is 22.9 Å². The lowest BCUT2D eigenvalue weighted by molar-refractivity contribution is -0.140. The first-order valence-corrected chi connectivity index (χ1v) is 6.77. The molecule has 1 aromatic heterocycles. The molecule has 20 heavy (non-hydrogen) atoms. The Labute approximate surface area is 136 Å². The van der Waals surface area contributed by atoms with E-state index < -0.39 is 11.9 Å². The molecular weight excluding hydrogens is 404 g/mol. The number of thiazole rings is 1. The van der Waals surface area contributed by atoms with Gasteiger partial charge in [0.1, 0.15) is 5.01 Å². The van der Waals surface area contributed by atoms with Crippen LogP contribution in [0.4, 0.5) is 13.2 Å². The number of aromatic nitrogens is 1. The summed E-state index contributed by atoms with van der Waals surface area (Å²) < 4.78 is 37.1. The first-order valence-electron chi connectivity index (χ1n) is 5.89. The van der Waals surface area contributed by atoms with Crippen LogP contribution in [0.15, 0.2) is 10.4 Å². The van der Waals surface area contributed by atoms with Crippen LogP contribution in [0.3, 0.4) is 0 Å². The molecule has 0 spiro atoms. The fourth-order valence-electron chi connectivity index (χ4n) is 1.58. The zero-order valence-corrected chi connectivity index (χ0v) is 14.1. The number of aliphatic imine (C=N–C) groups is 1. The van der Waals surface area contributed by atoms with E-state index in [-0.39, 0.29) is 30.5 Å². The lowest BCUT2D eigenvalue weighted by Crippen LogP contribution is -2.38. The summed E-state index contributed by atoms with van der Waals surface area (Å²) in [4.78, 5) is 7.57. The summed E-state index contributed by atoms with van der Waals surface area (Å²) >= 11 is 0.988. The van der Waals surface area contributed by atoms with Crippen molar-refractivity contribution in [1.82, 2.24) is 15.6 Å². The number of halogens is 4. The molecule has 2 N–H and O–H groups in total. The molecule has 0 amide bonds. The molecule has 0 aliphatic heterocycles. The van der Waals surface area contributed by atoms with E-state index in [2.05, 4.69) is 27.5 Å². The van der Waals surface area contributed by atoms with Crippen molar-refractivity contribution in [1.29, 1.82) is 0 Å². The van der Waals surface area contributed by atoms with Gasteiger partial charge in [-0.25, -0.2) is 4.98 Å². The molecule has 0 radical (unpaired) electrons. The van der Waals surface area contributed by atoms with Gasteiger partial charge in [0, 0.05) is 18.5 Å². The molecule has 1 heterocycles.